The van der Waals surface area contributed by atoms with Crippen molar-refractivity contribution in [1.82, 2.24) is 10.3 Å². The van der Waals surface area contributed by atoms with E-state index in [1.165, 1.54) is 11.8 Å². The number of nitrogens with one attached hydrogen (secondary N) is 1. The summed E-state index contributed by atoms with van der Waals surface area (Å²) in [6, 6.07) is 0.765. The third kappa shape index (κ3) is 3.83. The SMILES string of the molecule is CSC(CO)C(C)NC(=O)c1cc(F)cnc1Cl. The lowest BCUT2D eigenvalue weighted by molar-refractivity contribution is 0.0935. The number of aliphatic hydroxyl groups is 1. The van der Waals surface area contributed by atoms with Crippen molar-refractivity contribution in [3.63, 3.8) is 0 Å². The van der Waals surface area contributed by atoms with Crippen LogP contribution in [0.3, 0.4) is 0 Å². The predicted octanol–water partition coefficient (Wildman–Crippen LogP) is 1.72. The summed E-state index contributed by atoms with van der Waals surface area (Å²) in [7, 11) is 0. The second-order valence-electron chi connectivity index (χ2n) is 3.71. The van der Waals surface area contributed by atoms with Gasteiger partial charge in [-0.2, -0.15) is 11.8 Å². The second-order valence-corrected chi connectivity index (χ2v) is 5.15. The van der Waals surface area contributed by atoms with Crippen molar-refractivity contribution >= 4 is 29.3 Å². The average Bonchev–Trinajstić information content (AvgIpc) is 2.33. The average molecular weight is 293 g/mol. The first-order valence-corrected chi connectivity index (χ1v) is 6.91. The van der Waals surface area contributed by atoms with Crippen LogP contribution in [0.2, 0.25) is 5.15 Å². The van der Waals surface area contributed by atoms with Crippen molar-refractivity contribution in [3.05, 3.63) is 28.8 Å². The summed E-state index contributed by atoms with van der Waals surface area (Å²) in [5.41, 5.74) is -0.0127. The van der Waals surface area contributed by atoms with E-state index in [1.54, 1.807) is 6.92 Å². The smallest absolute Gasteiger partial charge is 0.254 e. The Labute approximate surface area is 114 Å². The van der Waals surface area contributed by atoms with Crippen LogP contribution in [-0.4, -0.2) is 40.2 Å². The zero-order valence-corrected chi connectivity index (χ0v) is 11.6. The van der Waals surface area contributed by atoms with Gasteiger partial charge in [-0.05, 0) is 19.2 Å². The number of amides is 1. The zero-order chi connectivity index (χ0) is 13.7. The van der Waals surface area contributed by atoms with Gasteiger partial charge in [0, 0.05) is 11.3 Å². The molecule has 2 atom stereocenters. The van der Waals surface area contributed by atoms with Gasteiger partial charge in [-0.15, -0.1) is 0 Å². The maximum atomic E-state index is 13.0. The molecule has 7 heteroatoms. The van der Waals surface area contributed by atoms with Gasteiger partial charge in [-0.1, -0.05) is 11.6 Å². The number of hydrogen-bond donors (Lipinski definition) is 2. The summed E-state index contributed by atoms with van der Waals surface area (Å²) in [4.78, 5) is 15.4. The van der Waals surface area contributed by atoms with Gasteiger partial charge >= 0.3 is 0 Å². The first kappa shape index (κ1) is 15.2. The maximum Gasteiger partial charge on any atom is 0.254 e. The largest absolute Gasteiger partial charge is 0.395 e. The van der Waals surface area contributed by atoms with Gasteiger partial charge < -0.3 is 10.4 Å². The van der Waals surface area contributed by atoms with E-state index in [4.69, 9.17) is 16.7 Å². The van der Waals surface area contributed by atoms with Crippen LogP contribution in [0.1, 0.15) is 17.3 Å². The van der Waals surface area contributed by atoms with Crippen LogP contribution < -0.4 is 5.32 Å². The predicted molar refractivity (Wildman–Crippen MR) is 70.5 cm³/mol. The molecule has 0 saturated carbocycles. The van der Waals surface area contributed by atoms with E-state index < -0.39 is 11.7 Å². The molecule has 1 rings (SSSR count). The van der Waals surface area contributed by atoms with E-state index in [-0.39, 0.29) is 28.6 Å². The zero-order valence-electron chi connectivity index (χ0n) is 9.98. The highest BCUT2D eigenvalue weighted by molar-refractivity contribution is 7.99. The standard InChI is InChI=1S/C11H14ClFN2O2S/c1-6(9(5-16)18-2)15-11(17)8-3-7(13)4-14-10(8)12/h3-4,6,9,16H,5H2,1-2H3,(H,15,17). The van der Waals surface area contributed by atoms with Gasteiger partial charge in [-0.25, -0.2) is 9.37 Å². The normalized spacial score (nSPS) is 14.1. The number of carbonyl (C=O) groups excluding carboxylic acids is 1. The van der Waals surface area contributed by atoms with Gasteiger partial charge in [0.2, 0.25) is 0 Å². The number of halogens is 2. The number of rotatable bonds is 5. The van der Waals surface area contributed by atoms with Gasteiger partial charge in [0.05, 0.1) is 18.4 Å². The fourth-order valence-electron chi connectivity index (χ4n) is 1.40. The maximum absolute atomic E-state index is 13.0. The van der Waals surface area contributed by atoms with E-state index >= 15 is 0 Å². The quantitative estimate of drug-likeness (QED) is 0.811. The van der Waals surface area contributed by atoms with Crippen molar-refractivity contribution in [1.29, 1.82) is 0 Å². The van der Waals surface area contributed by atoms with Crippen molar-refractivity contribution < 1.29 is 14.3 Å². The fraction of sp³-hybridized carbons (Fsp3) is 0.455. The fourth-order valence-corrected chi connectivity index (χ4v) is 2.21. The molecular weight excluding hydrogens is 279 g/mol. The van der Waals surface area contributed by atoms with E-state index in [1.807, 2.05) is 6.26 Å². The van der Waals surface area contributed by atoms with Gasteiger partial charge in [0.1, 0.15) is 11.0 Å². The minimum Gasteiger partial charge on any atom is -0.395 e. The van der Waals surface area contributed by atoms with Crippen LogP contribution >= 0.6 is 23.4 Å². The Morgan fingerprint density at radius 3 is 2.94 bits per heavy atom. The minimum atomic E-state index is -0.624. The molecule has 0 fully saturated rings. The van der Waals surface area contributed by atoms with Gasteiger partial charge in [0.25, 0.3) is 5.91 Å². The first-order valence-electron chi connectivity index (χ1n) is 5.25. The molecule has 0 radical (unpaired) electrons. The molecule has 1 amide bonds. The Morgan fingerprint density at radius 2 is 2.39 bits per heavy atom. The summed E-state index contributed by atoms with van der Waals surface area (Å²) in [5.74, 6) is -1.13. The Kier molecular flexibility index (Phi) is 5.84. The van der Waals surface area contributed by atoms with Crippen molar-refractivity contribution in [2.45, 2.75) is 18.2 Å². The molecule has 0 spiro atoms. The van der Waals surface area contributed by atoms with Crippen LogP contribution in [0.15, 0.2) is 12.3 Å². The minimum absolute atomic E-state index is 0.0127. The van der Waals surface area contributed by atoms with Crippen LogP contribution in [0, 0.1) is 5.82 Å². The third-order valence-corrected chi connectivity index (χ3v) is 3.91. The molecule has 0 aromatic carbocycles. The van der Waals surface area contributed by atoms with E-state index in [9.17, 15) is 9.18 Å². The molecular formula is C11H14ClFN2O2S. The third-order valence-electron chi connectivity index (χ3n) is 2.45. The lowest BCUT2D eigenvalue weighted by Gasteiger charge is -2.21. The molecule has 1 aromatic rings. The Morgan fingerprint density at radius 1 is 1.72 bits per heavy atom. The summed E-state index contributed by atoms with van der Waals surface area (Å²) in [6.45, 7) is 1.70. The molecule has 0 saturated heterocycles. The van der Waals surface area contributed by atoms with Crippen LogP contribution in [-0.2, 0) is 0 Å². The van der Waals surface area contributed by atoms with Crippen molar-refractivity contribution in [2.75, 3.05) is 12.9 Å². The molecule has 0 bridgehead atoms. The summed E-state index contributed by atoms with van der Waals surface area (Å²) in [6.07, 6.45) is 2.78. The van der Waals surface area contributed by atoms with Gasteiger partial charge in [-0.3, -0.25) is 4.79 Å². The lowest BCUT2D eigenvalue weighted by atomic mass is 10.2. The number of carbonyl (C=O) groups is 1. The molecule has 2 unspecified atom stereocenters. The van der Waals surface area contributed by atoms with Gasteiger partial charge in [0.15, 0.2) is 0 Å². The molecule has 0 aliphatic rings. The summed E-state index contributed by atoms with van der Waals surface area (Å²) in [5, 5.41) is 11.6. The highest BCUT2D eigenvalue weighted by atomic mass is 35.5. The molecule has 0 aliphatic heterocycles. The summed E-state index contributed by atoms with van der Waals surface area (Å²) < 4.78 is 13.0. The monoisotopic (exact) mass is 292 g/mol. The molecule has 0 aliphatic carbocycles. The molecule has 2 N–H and O–H groups in total. The van der Waals surface area contributed by atoms with E-state index in [0.29, 0.717) is 0 Å². The van der Waals surface area contributed by atoms with Crippen molar-refractivity contribution in [3.8, 4) is 0 Å². The number of pyridine rings is 1. The Hall–Kier alpha value is -0.850. The number of thioether (sulfide) groups is 1. The molecule has 4 nitrogen and oxygen atoms in total. The van der Waals surface area contributed by atoms with Crippen LogP contribution in [0.25, 0.3) is 0 Å². The van der Waals surface area contributed by atoms with E-state index in [0.717, 1.165) is 12.3 Å². The lowest BCUT2D eigenvalue weighted by Crippen LogP contribution is -2.41. The Bertz CT molecular complexity index is 430. The molecule has 1 heterocycles. The molecule has 1 aromatic heterocycles. The second kappa shape index (κ2) is 6.92. The number of nitrogens with zero attached hydrogens (tertiary/aromatic N) is 1. The first-order chi connectivity index (χ1) is 8.49. The summed E-state index contributed by atoms with van der Waals surface area (Å²) >= 11 is 7.16. The van der Waals surface area contributed by atoms with Crippen molar-refractivity contribution in [2.24, 2.45) is 0 Å². The Balaban J connectivity index is 2.79. The number of aliphatic hydroxyl groups excluding tert-OH is 1. The highest BCUT2D eigenvalue weighted by Crippen LogP contribution is 2.15. The highest BCUT2D eigenvalue weighted by Gasteiger charge is 2.20. The molecule has 100 valence electrons. The van der Waals surface area contributed by atoms with Crippen LogP contribution in [0.4, 0.5) is 4.39 Å². The topological polar surface area (TPSA) is 62.2 Å². The van der Waals surface area contributed by atoms with Crippen LogP contribution in [0.5, 0.6) is 0 Å². The molecule has 18 heavy (non-hydrogen) atoms. The number of hydrogen-bond acceptors (Lipinski definition) is 4. The number of aromatic nitrogens is 1. The van der Waals surface area contributed by atoms with E-state index in [2.05, 4.69) is 10.3 Å².